The highest BCUT2D eigenvalue weighted by Crippen LogP contribution is 2.14. The van der Waals surface area contributed by atoms with Gasteiger partial charge >= 0.3 is 0 Å². The van der Waals surface area contributed by atoms with Crippen LogP contribution < -0.4 is 11.0 Å². The fourth-order valence-electron chi connectivity index (χ4n) is 2.72. The highest BCUT2D eigenvalue weighted by Gasteiger charge is 2.15. The number of hydrazone groups is 1. The third-order valence-corrected chi connectivity index (χ3v) is 4.17. The van der Waals surface area contributed by atoms with Crippen LogP contribution in [0.3, 0.4) is 0 Å². The van der Waals surface area contributed by atoms with Gasteiger partial charge in [0.05, 0.1) is 5.39 Å². The van der Waals surface area contributed by atoms with Gasteiger partial charge in [0.2, 0.25) is 0 Å². The smallest absolute Gasteiger partial charge is 0.267 e. The molecule has 3 aromatic rings. The molecule has 0 bridgehead atoms. The minimum absolute atomic E-state index is 0.0609. The Bertz CT molecular complexity index is 1010. The Morgan fingerprint density at radius 1 is 1.15 bits per heavy atom. The minimum atomic E-state index is -0.445. The Hall–Kier alpha value is -3.28. The van der Waals surface area contributed by atoms with Crippen molar-refractivity contribution in [3.05, 3.63) is 76.2 Å². The number of nitrogens with one attached hydrogen (secondary N) is 1. The van der Waals surface area contributed by atoms with Crippen LogP contribution in [-0.2, 0) is 6.54 Å². The SMILES string of the molecule is CCn1nc(C(=O)N/N=C\[C@@H](C)c2ccccc2)c2ccccc2c1=O. The standard InChI is InChI=1S/C20H20N4O2/c1-3-24-20(26)17-12-8-7-11-16(17)18(23-24)19(25)22-21-13-14(2)15-9-5-4-6-10-15/h4-14H,3H2,1-2H3,(H,22,25)/b21-13-/t14-/m1/s1. The highest BCUT2D eigenvalue weighted by atomic mass is 16.2. The number of nitrogens with zero attached hydrogens (tertiary/aromatic N) is 3. The molecule has 0 aliphatic carbocycles. The van der Waals surface area contributed by atoms with E-state index in [0.29, 0.717) is 17.3 Å². The van der Waals surface area contributed by atoms with Gasteiger partial charge in [-0.3, -0.25) is 9.59 Å². The fraction of sp³-hybridized carbons (Fsp3) is 0.200. The predicted octanol–water partition coefficient (Wildman–Crippen LogP) is 2.94. The number of aryl methyl sites for hydroxylation is 1. The van der Waals surface area contributed by atoms with E-state index < -0.39 is 5.91 Å². The second kappa shape index (κ2) is 7.74. The zero-order chi connectivity index (χ0) is 18.5. The summed E-state index contributed by atoms with van der Waals surface area (Å²) in [5.74, 6) is -0.384. The summed E-state index contributed by atoms with van der Waals surface area (Å²) in [6, 6.07) is 16.8. The Morgan fingerprint density at radius 2 is 1.81 bits per heavy atom. The number of aromatic nitrogens is 2. The minimum Gasteiger partial charge on any atom is -0.267 e. The van der Waals surface area contributed by atoms with E-state index in [1.54, 1.807) is 30.5 Å². The summed E-state index contributed by atoms with van der Waals surface area (Å²) in [6.45, 7) is 4.19. The average Bonchev–Trinajstić information content (AvgIpc) is 2.69. The molecule has 1 aromatic heterocycles. The molecule has 0 radical (unpaired) electrons. The monoisotopic (exact) mass is 348 g/mol. The molecule has 0 unspecified atom stereocenters. The van der Waals surface area contributed by atoms with Crippen LogP contribution in [-0.4, -0.2) is 21.9 Å². The Balaban J connectivity index is 1.85. The van der Waals surface area contributed by atoms with Crippen molar-refractivity contribution in [1.29, 1.82) is 0 Å². The maximum Gasteiger partial charge on any atom is 0.292 e. The molecule has 2 aromatic carbocycles. The molecule has 6 nitrogen and oxygen atoms in total. The number of benzene rings is 2. The highest BCUT2D eigenvalue weighted by molar-refractivity contribution is 6.04. The number of hydrogen-bond donors (Lipinski definition) is 1. The molecule has 0 aliphatic rings. The lowest BCUT2D eigenvalue weighted by atomic mass is 10.0. The van der Waals surface area contributed by atoms with Gasteiger partial charge in [-0.25, -0.2) is 10.1 Å². The topological polar surface area (TPSA) is 76.3 Å². The molecule has 0 saturated carbocycles. The van der Waals surface area contributed by atoms with Crippen molar-refractivity contribution >= 4 is 22.9 Å². The molecule has 0 spiro atoms. The largest absolute Gasteiger partial charge is 0.292 e. The lowest BCUT2D eigenvalue weighted by Crippen LogP contribution is -2.28. The molecule has 132 valence electrons. The van der Waals surface area contributed by atoms with Crippen molar-refractivity contribution < 1.29 is 4.79 Å². The van der Waals surface area contributed by atoms with Crippen molar-refractivity contribution in [1.82, 2.24) is 15.2 Å². The fourth-order valence-corrected chi connectivity index (χ4v) is 2.72. The van der Waals surface area contributed by atoms with E-state index in [-0.39, 0.29) is 17.2 Å². The van der Waals surface area contributed by atoms with Crippen LogP contribution in [0.5, 0.6) is 0 Å². The quantitative estimate of drug-likeness (QED) is 0.569. The summed E-state index contributed by atoms with van der Waals surface area (Å²) in [5, 5.41) is 9.24. The first kappa shape index (κ1) is 17.5. The number of carbonyl (C=O) groups excluding carboxylic acids is 1. The van der Waals surface area contributed by atoms with Crippen molar-refractivity contribution in [2.24, 2.45) is 5.10 Å². The second-order valence-corrected chi connectivity index (χ2v) is 5.93. The van der Waals surface area contributed by atoms with Crippen molar-refractivity contribution in [2.45, 2.75) is 26.3 Å². The molecular formula is C20H20N4O2. The molecule has 6 heteroatoms. The van der Waals surface area contributed by atoms with Crippen LogP contribution in [0, 0.1) is 0 Å². The van der Waals surface area contributed by atoms with E-state index in [0.717, 1.165) is 5.56 Å². The van der Waals surface area contributed by atoms with E-state index in [9.17, 15) is 9.59 Å². The van der Waals surface area contributed by atoms with E-state index in [1.807, 2.05) is 44.2 Å². The number of amides is 1. The zero-order valence-electron chi connectivity index (χ0n) is 14.7. The van der Waals surface area contributed by atoms with Crippen molar-refractivity contribution in [3.8, 4) is 0 Å². The maximum absolute atomic E-state index is 12.6. The normalized spacial score (nSPS) is 12.4. The number of rotatable bonds is 5. The summed E-state index contributed by atoms with van der Waals surface area (Å²) >= 11 is 0. The van der Waals surface area contributed by atoms with Crippen LogP contribution >= 0.6 is 0 Å². The first-order chi connectivity index (χ1) is 12.6. The van der Waals surface area contributed by atoms with Gasteiger partial charge in [0.1, 0.15) is 0 Å². The first-order valence-corrected chi connectivity index (χ1v) is 8.50. The van der Waals surface area contributed by atoms with Gasteiger partial charge in [-0.2, -0.15) is 10.2 Å². The van der Waals surface area contributed by atoms with Gasteiger partial charge in [0, 0.05) is 24.1 Å². The Labute approximate surface area is 151 Å². The number of hydrogen-bond acceptors (Lipinski definition) is 4. The van der Waals surface area contributed by atoms with Crippen molar-refractivity contribution in [3.63, 3.8) is 0 Å². The molecule has 1 heterocycles. The molecule has 1 atom stereocenters. The Morgan fingerprint density at radius 3 is 2.50 bits per heavy atom. The van der Waals surface area contributed by atoms with Crippen LogP contribution in [0.2, 0.25) is 0 Å². The van der Waals surface area contributed by atoms with E-state index in [4.69, 9.17) is 0 Å². The Kier molecular flexibility index (Phi) is 5.22. The lowest BCUT2D eigenvalue weighted by molar-refractivity contribution is 0.0949. The number of carbonyl (C=O) groups is 1. The average molecular weight is 348 g/mol. The molecular weight excluding hydrogens is 328 g/mol. The van der Waals surface area contributed by atoms with Crippen LogP contribution in [0.4, 0.5) is 0 Å². The first-order valence-electron chi connectivity index (χ1n) is 8.50. The van der Waals surface area contributed by atoms with Crippen molar-refractivity contribution in [2.75, 3.05) is 0 Å². The molecule has 0 saturated heterocycles. The maximum atomic E-state index is 12.6. The van der Waals surface area contributed by atoms with Gasteiger partial charge in [-0.05, 0) is 18.6 Å². The summed E-state index contributed by atoms with van der Waals surface area (Å²) < 4.78 is 1.29. The molecule has 1 N–H and O–H groups in total. The van der Waals surface area contributed by atoms with Gasteiger partial charge in [-0.15, -0.1) is 0 Å². The molecule has 0 aliphatic heterocycles. The molecule has 1 amide bonds. The van der Waals surface area contributed by atoms with Crippen LogP contribution in [0.25, 0.3) is 10.8 Å². The number of fused-ring (bicyclic) bond motifs is 1. The lowest BCUT2D eigenvalue weighted by Gasteiger charge is -2.09. The summed E-state index contributed by atoms with van der Waals surface area (Å²) in [6.07, 6.45) is 1.67. The predicted molar refractivity (Wildman–Crippen MR) is 102 cm³/mol. The second-order valence-electron chi connectivity index (χ2n) is 5.93. The van der Waals surface area contributed by atoms with Crippen LogP contribution in [0.1, 0.15) is 35.8 Å². The zero-order valence-corrected chi connectivity index (χ0v) is 14.7. The third-order valence-electron chi connectivity index (χ3n) is 4.17. The van der Waals surface area contributed by atoms with E-state index in [2.05, 4.69) is 15.6 Å². The van der Waals surface area contributed by atoms with E-state index in [1.165, 1.54) is 4.68 Å². The van der Waals surface area contributed by atoms with Gasteiger partial charge in [0.25, 0.3) is 11.5 Å². The van der Waals surface area contributed by atoms with Crippen LogP contribution in [0.15, 0.2) is 64.5 Å². The van der Waals surface area contributed by atoms with Gasteiger partial charge < -0.3 is 0 Å². The molecule has 26 heavy (non-hydrogen) atoms. The summed E-state index contributed by atoms with van der Waals surface area (Å²) in [4.78, 5) is 24.9. The van der Waals surface area contributed by atoms with Gasteiger partial charge in [-0.1, -0.05) is 55.5 Å². The summed E-state index contributed by atoms with van der Waals surface area (Å²) in [7, 11) is 0. The molecule has 3 rings (SSSR count). The van der Waals surface area contributed by atoms with E-state index >= 15 is 0 Å². The summed E-state index contributed by atoms with van der Waals surface area (Å²) in [5.41, 5.74) is 3.60. The van der Waals surface area contributed by atoms with Gasteiger partial charge in [0.15, 0.2) is 5.69 Å². The third kappa shape index (κ3) is 3.54. The molecule has 0 fully saturated rings.